The molecule has 18 heavy (non-hydrogen) atoms. The molecule has 1 aliphatic rings. The van der Waals surface area contributed by atoms with Gasteiger partial charge in [0.05, 0.1) is 0 Å². The molecule has 1 aliphatic heterocycles. The van der Waals surface area contributed by atoms with E-state index >= 15 is 0 Å². The first-order valence-electron chi connectivity index (χ1n) is 6.69. The lowest BCUT2D eigenvalue weighted by molar-refractivity contribution is -0.116. The second kappa shape index (κ2) is 7.40. The third-order valence-corrected chi connectivity index (χ3v) is 4.04. The number of nitrogens with two attached hydrogens (primary N) is 1. The van der Waals surface area contributed by atoms with Gasteiger partial charge in [-0.1, -0.05) is 6.92 Å². The van der Waals surface area contributed by atoms with Crippen molar-refractivity contribution in [1.29, 1.82) is 0 Å². The summed E-state index contributed by atoms with van der Waals surface area (Å²) in [6.07, 6.45) is 0.670. The van der Waals surface area contributed by atoms with Gasteiger partial charge in [-0.15, -0.1) is 0 Å². The second-order valence-electron chi connectivity index (χ2n) is 5.49. The molecule has 0 amide bonds. The maximum atomic E-state index is 5.91. The van der Waals surface area contributed by atoms with Crippen molar-refractivity contribution < 1.29 is 9.47 Å². The topological polar surface area (TPSA) is 51.0 Å². The highest BCUT2D eigenvalue weighted by molar-refractivity contribution is 4.90. The summed E-state index contributed by atoms with van der Waals surface area (Å²) < 4.78 is 10.6. The SMILES string of the molecule is COC(CC(CN)N1CC(C)C(N(C)C)C1)OC. The van der Waals surface area contributed by atoms with Crippen LogP contribution in [0, 0.1) is 5.92 Å². The molecule has 1 rings (SSSR count). The van der Waals surface area contributed by atoms with Crippen molar-refractivity contribution in [2.24, 2.45) is 11.7 Å². The van der Waals surface area contributed by atoms with E-state index in [1.165, 1.54) is 0 Å². The molecule has 0 radical (unpaired) electrons. The Balaban J connectivity index is 2.56. The van der Waals surface area contributed by atoms with Gasteiger partial charge in [-0.25, -0.2) is 0 Å². The van der Waals surface area contributed by atoms with E-state index in [1.54, 1.807) is 14.2 Å². The minimum atomic E-state index is -0.160. The van der Waals surface area contributed by atoms with E-state index in [0.717, 1.165) is 19.5 Å². The molecule has 3 atom stereocenters. The normalized spacial score (nSPS) is 27.3. The first-order chi connectivity index (χ1) is 8.53. The summed E-state index contributed by atoms with van der Waals surface area (Å²) in [5, 5.41) is 0. The largest absolute Gasteiger partial charge is 0.356 e. The Bertz CT molecular complexity index is 232. The molecule has 0 saturated carbocycles. The van der Waals surface area contributed by atoms with E-state index in [1.807, 2.05) is 0 Å². The van der Waals surface area contributed by atoms with Crippen LogP contribution in [-0.2, 0) is 9.47 Å². The van der Waals surface area contributed by atoms with Crippen LogP contribution in [0.15, 0.2) is 0 Å². The molecule has 0 aromatic heterocycles. The molecule has 2 N–H and O–H groups in total. The quantitative estimate of drug-likeness (QED) is 0.662. The highest BCUT2D eigenvalue weighted by atomic mass is 16.7. The Morgan fingerprint density at radius 2 is 1.89 bits per heavy atom. The van der Waals surface area contributed by atoms with Crippen molar-refractivity contribution in [3.05, 3.63) is 0 Å². The fourth-order valence-electron chi connectivity index (χ4n) is 2.86. The van der Waals surface area contributed by atoms with Crippen LogP contribution in [0.3, 0.4) is 0 Å². The molecule has 0 aliphatic carbocycles. The molecule has 3 unspecified atom stereocenters. The summed E-state index contributed by atoms with van der Waals surface area (Å²) in [7, 11) is 7.65. The van der Waals surface area contributed by atoms with Gasteiger partial charge in [0, 0.05) is 52.4 Å². The second-order valence-corrected chi connectivity index (χ2v) is 5.49. The molecule has 108 valence electrons. The lowest BCUT2D eigenvalue weighted by Gasteiger charge is -2.29. The predicted molar refractivity (Wildman–Crippen MR) is 73.5 cm³/mol. The van der Waals surface area contributed by atoms with Crippen LogP contribution >= 0.6 is 0 Å². The lowest BCUT2D eigenvalue weighted by atomic mass is 10.1. The van der Waals surface area contributed by atoms with Gasteiger partial charge in [0.2, 0.25) is 0 Å². The van der Waals surface area contributed by atoms with Gasteiger partial charge in [-0.3, -0.25) is 4.90 Å². The van der Waals surface area contributed by atoms with Crippen LogP contribution in [-0.4, -0.2) is 76.1 Å². The Morgan fingerprint density at radius 3 is 2.28 bits per heavy atom. The molecule has 1 heterocycles. The third-order valence-electron chi connectivity index (χ3n) is 4.04. The average Bonchev–Trinajstić information content (AvgIpc) is 2.73. The first-order valence-corrected chi connectivity index (χ1v) is 6.69. The van der Waals surface area contributed by atoms with Crippen LogP contribution in [0.5, 0.6) is 0 Å². The summed E-state index contributed by atoms with van der Waals surface area (Å²) in [5.74, 6) is 0.678. The van der Waals surface area contributed by atoms with Crippen molar-refractivity contribution in [1.82, 2.24) is 9.80 Å². The van der Waals surface area contributed by atoms with Gasteiger partial charge < -0.3 is 20.1 Å². The smallest absolute Gasteiger partial charge is 0.158 e. The van der Waals surface area contributed by atoms with Crippen LogP contribution < -0.4 is 5.73 Å². The highest BCUT2D eigenvalue weighted by Crippen LogP contribution is 2.23. The maximum Gasteiger partial charge on any atom is 0.158 e. The van der Waals surface area contributed by atoms with E-state index in [9.17, 15) is 0 Å². The Hall–Kier alpha value is -0.200. The average molecular weight is 259 g/mol. The fraction of sp³-hybridized carbons (Fsp3) is 1.00. The number of likely N-dealkylation sites (N-methyl/N-ethyl adjacent to an activating group) is 1. The summed E-state index contributed by atoms with van der Waals surface area (Å²) in [5.41, 5.74) is 5.91. The van der Waals surface area contributed by atoms with Crippen molar-refractivity contribution in [3.63, 3.8) is 0 Å². The molecule has 0 aromatic rings. The van der Waals surface area contributed by atoms with Crippen LogP contribution in [0.4, 0.5) is 0 Å². The van der Waals surface area contributed by atoms with Crippen molar-refractivity contribution >= 4 is 0 Å². The molecular formula is C13H29N3O2. The minimum Gasteiger partial charge on any atom is -0.356 e. The van der Waals surface area contributed by atoms with Crippen LogP contribution in [0.25, 0.3) is 0 Å². The first kappa shape index (κ1) is 15.9. The van der Waals surface area contributed by atoms with Crippen molar-refractivity contribution in [2.45, 2.75) is 31.7 Å². The molecule has 0 aromatic carbocycles. The minimum absolute atomic E-state index is 0.160. The monoisotopic (exact) mass is 259 g/mol. The summed E-state index contributed by atoms with van der Waals surface area (Å²) in [6.45, 7) is 5.14. The standard InChI is InChI=1S/C13H29N3O2/c1-10-8-16(9-12(10)15(2)3)11(7-14)6-13(17-4)18-5/h10-13H,6-9,14H2,1-5H3. The van der Waals surface area contributed by atoms with E-state index in [-0.39, 0.29) is 6.29 Å². The lowest BCUT2D eigenvalue weighted by Crippen LogP contribution is -2.43. The molecule has 5 nitrogen and oxygen atoms in total. The van der Waals surface area contributed by atoms with Gasteiger partial charge in [0.1, 0.15) is 0 Å². The zero-order valence-corrected chi connectivity index (χ0v) is 12.4. The van der Waals surface area contributed by atoms with Crippen molar-refractivity contribution in [3.8, 4) is 0 Å². The molecule has 0 bridgehead atoms. The van der Waals surface area contributed by atoms with Crippen molar-refractivity contribution in [2.75, 3.05) is 47.9 Å². The summed E-state index contributed by atoms with van der Waals surface area (Å²) >= 11 is 0. The molecule has 1 saturated heterocycles. The number of likely N-dealkylation sites (tertiary alicyclic amines) is 1. The molecule has 1 fully saturated rings. The zero-order valence-electron chi connectivity index (χ0n) is 12.4. The van der Waals surface area contributed by atoms with Gasteiger partial charge in [-0.2, -0.15) is 0 Å². The van der Waals surface area contributed by atoms with Gasteiger partial charge in [0.25, 0.3) is 0 Å². The van der Waals surface area contributed by atoms with Crippen LogP contribution in [0.2, 0.25) is 0 Å². The Kier molecular flexibility index (Phi) is 6.52. The molecule has 5 heteroatoms. The van der Waals surface area contributed by atoms with Gasteiger partial charge in [-0.05, 0) is 20.0 Å². The van der Waals surface area contributed by atoms with E-state index in [0.29, 0.717) is 24.5 Å². The maximum absolute atomic E-state index is 5.91. The number of hydrogen-bond donors (Lipinski definition) is 1. The zero-order chi connectivity index (χ0) is 13.7. The number of ether oxygens (including phenoxy) is 2. The number of nitrogens with zero attached hydrogens (tertiary/aromatic N) is 2. The van der Waals surface area contributed by atoms with E-state index in [4.69, 9.17) is 15.2 Å². The van der Waals surface area contributed by atoms with Crippen LogP contribution in [0.1, 0.15) is 13.3 Å². The fourth-order valence-corrected chi connectivity index (χ4v) is 2.86. The predicted octanol–water partition coefficient (Wildman–Crippen LogP) is 0.205. The number of hydrogen-bond acceptors (Lipinski definition) is 5. The van der Waals surface area contributed by atoms with E-state index < -0.39 is 0 Å². The number of rotatable bonds is 7. The molecule has 0 spiro atoms. The van der Waals surface area contributed by atoms with Gasteiger partial charge in [0.15, 0.2) is 6.29 Å². The molecular weight excluding hydrogens is 230 g/mol. The van der Waals surface area contributed by atoms with Gasteiger partial charge >= 0.3 is 0 Å². The third kappa shape index (κ3) is 3.90. The summed E-state index contributed by atoms with van der Waals surface area (Å²) in [6, 6.07) is 0.949. The summed E-state index contributed by atoms with van der Waals surface area (Å²) in [4.78, 5) is 4.78. The Morgan fingerprint density at radius 1 is 1.28 bits per heavy atom. The van der Waals surface area contributed by atoms with E-state index in [2.05, 4.69) is 30.8 Å². The Labute approximate surface area is 111 Å². The number of methoxy groups -OCH3 is 2. The highest BCUT2D eigenvalue weighted by Gasteiger charge is 2.35.